The van der Waals surface area contributed by atoms with Gasteiger partial charge < -0.3 is 10.6 Å². The van der Waals surface area contributed by atoms with Crippen LogP contribution in [0.1, 0.15) is 12.5 Å². The van der Waals surface area contributed by atoms with Crippen molar-refractivity contribution in [3.8, 4) is 0 Å². The monoisotopic (exact) mass is 240 g/mol. The molecule has 2 N–H and O–H groups in total. The van der Waals surface area contributed by atoms with Crippen LogP contribution in [0.3, 0.4) is 0 Å². The average molecular weight is 240 g/mol. The number of thioether (sulfide) groups is 1. The van der Waals surface area contributed by atoms with Crippen LogP contribution in [0.4, 0.5) is 10.1 Å². The summed E-state index contributed by atoms with van der Waals surface area (Å²) in [5.41, 5.74) is 7.23. The number of hydrogen-bond donors (Lipinski definition) is 1. The molecule has 1 aromatic rings. The average Bonchev–Trinajstić information content (AvgIpc) is 2.28. The second-order valence-electron chi connectivity index (χ2n) is 4.07. The van der Waals surface area contributed by atoms with Crippen LogP contribution in [0.15, 0.2) is 18.2 Å². The van der Waals surface area contributed by atoms with Crippen LogP contribution in [0, 0.1) is 5.82 Å². The van der Waals surface area contributed by atoms with E-state index in [4.69, 9.17) is 5.73 Å². The quantitative estimate of drug-likeness (QED) is 0.859. The molecule has 1 aliphatic heterocycles. The van der Waals surface area contributed by atoms with Crippen LogP contribution in [-0.2, 0) is 6.54 Å². The van der Waals surface area contributed by atoms with Crippen LogP contribution in [-0.4, -0.2) is 24.1 Å². The van der Waals surface area contributed by atoms with E-state index in [1.165, 1.54) is 6.07 Å². The summed E-state index contributed by atoms with van der Waals surface area (Å²) in [4.78, 5) is 2.24. The molecule has 1 aromatic carbocycles. The first-order chi connectivity index (χ1) is 7.72. The lowest BCUT2D eigenvalue weighted by atomic mass is 10.1. The Balaban J connectivity index is 2.28. The van der Waals surface area contributed by atoms with Crippen molar-refractivity contribution in [2.24, 2.45) is 5.73 Å². The number of rotatable bonds is 2. The molecule has 2 rings (SSSR count). The fraction of sp³-hybridized carbons (Fsp3) is 0.500. The summed E-state index contributed by atoms with van der Waals surface area (Å²) in [5, 5.41) is 0.600. The number of hydrogen-bond acceptors (Lipinski definition) is 3. The molecule has 16 heavy (non-hydrogen) atoms. The van der Waals surface area contributed by atoms with Gasteiger partial charge in [0.05, 0.1) is 0 Å². The van der Waals surface area contributed by atoms with Crippen LogP contribution in [0.25, 0.3) is 0 Å². The van der Waals surface area contributed by atoms with Crippen molar-refractivity contribution in [1.29, 1.82) is 0 Å². The third-order valence-electron chi connectivity index (χ3n) is 2.88. The van der Waals surface area contributed by atoms with Gasteiger partial charge in [-0.3, -0.25) is 0 Å². The zero-order valence-electron chi connectivity index (χ0n) is 9.45. The van der Waals surface area contributed by atoms with Crippen LogP contribution in [0.5, 0.6) is 0 Å². The highest BCUT2D eigenvalue weighted by atomic mass is 32.2. The molecule has 1 fully saturated rings. The summed E-state index contributed by atoms with van der Waals surface area (Å²) in [6, 6.07) is 5.21. The maximum Gasteiger partial charge on any atom is 0.129 e. The first-order valence-electron chi connectivity index (χ1n) is 5.56. The molecular formula is C12H17FN2S. The van der Waals surface area contributed by atoms with E-state index in [-0.39, 0.29) is 12.4 Å². The smallest absolute Gasteiger partial charge is 0.129 e. The molecule has 1 atom stereocenters. The minimum atomic E-state index is -0.189. The molecule has 1 unspecified atom stereocenters. The molecule has 88 valence electrons. The minimum Gasteiger partial charge on any atom is -0.369 e. The highest BCUT2D eigenvalue weighted by Gasteiger charge is 2.20. The van der Waals surface area contributed by atoms with E-state index in [1.54, 1.807) is 6.07 Å². The van der Waals surface area contributed by atoms with Crippen molar-refractivity contribution in [3.05, 3.63) is 29.6 Å². The largest absolute Gasteiger partial charge is 0.369 e. The van der Waals surface area contributed by atoms with Gasteiger partial charge >= 0.3 is 0 Å². The molecule has 0 spiro atoms. The fourth-order valence-electron chi connectivity index (χ4n) is 2.08. The first kappa shape index (κ1) is 11.7. The van der Waals surface area contributed by atoms with Gasteiger partial charge in [0.2, 0.25) is 0 Å². The van der Waals surface area contributed by atoms with Gasteiger partial charge in [0.1, 0.15) is 5.82 Å². The molecular weight excluding hydrogens is 223 g/mol. The van der Waals surface area contributed by atoms with Crippen molar-refractivity contribution in [3.63, 3.8) is 0 Å². The molecule has 2 nitrogen and oxygen atoms in total. The zero-order chi connectivity index (χ0) is 11.5. The van der Waals surface area contributed by atoms with Gasteiger partial charge in [-0.25, -0.2) is 4.39 Å². The van der Waals surface area contributed by atoms with E-state index in [2.05, 4.69) is 11.8 Å². The van der Waals surface area contributed by atoms with Gasteiger partial charge in [0, 0.05) is 41.9 Å². The number of nitrogens with two attached hydrogens (primary N) is 1. The lowest BCUT2D eigenvalue weighted by Crippen LogP contribution is -2.37. The molecule has 1 saturated heterocycles. The van der Waals surface area contributed by atoms with Crippen molar-refractivity contribution < 1.29 is 4.39 Å². The van der Waals surface area contributed by atoms with E-state index in [0.29, 0.717) is 10.8 Å². The molecule has 0 radical (unpaired) electrons. The molecule has 4 heteroatoms. The number of nitrogens with zero attached hydrogens (tertiary/aromatic N) is 1. The molecule has 0 aliphatic carbocycles. The summed E-state index contributed by atoms with van der Waals surface area (Å²) in [6.45, 7) is 4.42. The Kier molecular flexibility index (Phi) is 3.71. The fourth-order valence-corrected chi connectivity index (χ4v) is 3.10. The van der Waals surface area contributed by atoms with Crippen molar-refractivity contribution in [2.45, 2.75) is 18.7 Å². The number of benzene rings is 1. The maximum atomic E-state index is 13.6. The second kappa shape index (κ2) is 5.06. The van der Waals surface area contributed by atoms with Crippen LogP contribution < -0.4 is 10.6 Å². The number of anilines is 1. The molecule has 0 bridgehead atoms. The summed E-state index contributed by atoms with van der Waals surface area (Å²) in [7, 11) is 0. The highest BCUT2D eigenvalue weighted by molar-refractivity contribution is 8.00. The standard InChI is InChI=1S/C12H17FN2S/c1-9-8-15(5-6-16-9)12-4-2-3-11(13)10(12)7-14/h2-4,9H,5-8,14H2,1H3. The maximum absolute atomic E-state index is 13.6. The van der Waals surface area contributed by atoms with E-state index < -0.39 is 0 Å². The lowest BCUT2D eigenvalue weighted by Gasteiger charge is -2.33. The summed E-state index contributed by atoms with van der Waals surface area (Å²) < 4.78 is 13.6. The number of halogens is 1. The molecule has 1 aliphatic rings. The Morgan fingerprint density at radius 1 is 1.56 bits per heavy atom. The van der Waals surface area contributed by atoms with E-state index in [9.17, 15) is 4.39 Å². The van der Waals surface area contributed by atoms with Crippen molar-refractivity contribution >= 4 is 17.4 Å². The lowest BCUT2D eigenvalue weighted by molar-refractivity contribution is 0.608. The Bertz CT molecular complexity index is 370. The Morgan fingerprint density at radius 3 is 3.06 bits per heavy atom. The van der Waals surface area contributed by atoms with Gasteiger partial charge in [-0.1, -0.05) is 13.0 Å². The molecule has 0 aromatic heterocycles. The molecule has 0 saturated carbocycles. The topological polar surface area (TPSA) is 29.3 Å². The van der Waals surface area contributed by atoms with Gasteiger partial charge in [0.25, 0.3) is 0 Å². The first-order valence-corrected chi connectivity index (χ1v) is 6.61. The minimum absolute atomic E-state index is 0.189. The van der Waals surface area contributed by atoms with Crippen LogP contribution >= 0.6 is 11.8 Å². The van der Waals surface area contributed by atoms with Gasteiger partial charge in [0.15, 0.2) is 0 Å². The third kappa shape index (κ3) is 2.33. The normalized spacial score (nSPS) is 21.2. The second-order valence-corrected chi connectivity index (χ2v) is 5.62. The Hall–Kier alpha value is -0.740. The van der Waals surface area contributed by atoms with Crippen LogP contribution in [0.2, 0.25) is 0 Å². The van der Waals surface area contributed by atoms with E-state index in [0.717, 1.165) is 24.5 Å². The summed E-state index contributed by atoms with van der Waals surface area (Å²) in [5.74, 6) is 0.910. The van der Waals surface area contributed by atoms with Gasteiger partial charge in [-0.15, -0.1) is 0 Å². The van der Waals surface area contributed by atoms with Crippen molar-refractivity contribution in [1.82, 2.24) is 0 Å². The summed E-state index contributed by atoms with van der Waals surface area (Å²) in [6.07, 6.45) is 0. The predicted molar refractivity (Wildman–Crippen MR) is 68.4 cm³/mol. The van der Waals surface area contributed by atoms with Gasteiger partial charge in [-0.05, 0) is 12.1 Å². The highest BCUT2D eigenvalue weighted by Crippen LogP contribution is 2.27. The van der Waals surface area contributed by atoms with Crippen molar-refractivity contribution in [2.75, 3.05) is 23.7 Å². The van der Waals surface area contributed by atoms with Gasteiger partial charge in [-0.2, -0.15) is 11.8 Å². The SMILES string of the molecule is CC1CN(c2cccc(F)c2CN)CCS1. The molecule has 0 amide bonds. The third-order valence-corrected chi connectivity index (χ3v) is 4.02. The zero-order valence-corrected chi connectivity index (χ0v) is 10.3. The van der Waals surface area contributed by atoms with E-state index >= 15 is 0 Å². The Labute approximate surface area is 100 Å². The molecule has 1 heterocycles. The summed E-state index contributed by atoms with van der Waals surface area (Å²) >= 11 is 1.97. The van der Waals surface area contributed by atoms with E-state index in [1.807, 2.05) is 17.8 Å². The predicted octanol–water partition coefficient (Wildman–Crippen LogP) is 2.23. The Morgan fingerprint density at radius 2 is 2.38 bits per heavy atom.